The predicted molar refractivity (Wildman–Crippen MR) is 128 cm³/mol. The van der Waals surface area contributed by atoms with Crippen molar-refractivity contribution < 1.29 is 14.3 Å². The largest absolute Gasteiger partial charge is 0.483 e. The molecule has 0 radical (unpaired) electrons. The molecule has 0 spiro atoms. The number of benzene rings is 2. The third-order valence-corrected chi connectivity index (χ3v) is 6.07. The van der Waals surface area contributed by atoms with Crippen LogP contribution < -0.4 is 10.1 Å². The fourth-order valence-corrected chi connectivity index (χ4v) is 4.31. The molecule has 0 saturated carbocycles. The molecule has 0 aliphatic carbocycles. The van der Waals surface area contributed by atoms with Crippen molar-refractivity contribution in [3.8, 4) is 16.9 Å². The fraction of sp³-hybridized carbons (Fsp3) is 0.296. The molecule has 4 rings (SSSR count). The van der Waals surface area contributed by atoms with Crippen LogP contribution in [0.4, 0.5) is 0 Å². The summed E-state index contributed by atoms with van der Waals surface area (Å²) in [5.41, 5.74) is 5.21. The monoisotopic (exact) mass is 443 g/mol. The molecule has 2 heterocycles. The number of aromatic nitrogens is 1. The average molecular weight is 444 g/mol. The van der Waals surface area contributed by atoms with Gasteiger partial charge in [0.05, 0.1) is 5.92 Å². The van der Waals surface area contributed by atoms with Gasteiger partial charge in [-0.2, -0.15) is 0 Å². The van der Waals surface area contributed by atoms with Gasteiger partial charge in [-0.3, -0.25) is 14.6 Å². The van der Waals surface area contributed by atoms with Gasteiger partial charge in [0.1, 0.15) is 5.75 Å². The molecule has 2 aromatic carbocycles. The molecule has 1 N–H and O–H groups in total. The number of carbonyl (C=O) groups is 2. The van der Waals surface area contributed by atoms with Crippen LogP contribution in [0, 0.1) is 19.8 Å². The lowest BCUT2D eigenvalue weighted by atomic mass is 9.92. The molecule has 33 heavy (non-hydrogen) atoms. The summed E-state index contributed by atoms with van der Waals surface area (Å²) >= 11 is 0. The summed E-state index contributed by atoms with van der Waals surface area (Å²) in [7, 11) is 0. The average Bonchev–Trinajstić information content (AvgIpc) is 3.01. The van der Waals surface area contributed by atoms with Crippen LogP contribution >= 0.6 is 0 Å². The predicted octanol–water partition coefficient (Wildman–Crippen LogP) is 3.56. The highest BCUT2D eigenvalue weighted by molar-refractivity contribution is 5.83. The first-order valence-electron chi connectivity index (χ1n) is 11.3. The normalized spacial score (nSPS) is 16.1. The molecule has 1 aromatic heterocycles. The number of hydrogen-bond donors (Lipinski definition) is 1. The molecule has 0 bridgehead atoms. The van der Waals surface area contributed by atoms with Crippen molar-refractivity contribution in [3.05, 3.63) is 83.7 Å². The summed E-state index contributed by atoms with van der Waals surface area (Å²) < 4.78 is 5.88. The van der Waals surface area contributed by atoms with Gasteiger partial charge in [-0.1, -0.05) is 42.5 Å². The molecular weight excluding hydrogens is 414 g/mol. The zero-order chi connectivity index (χ0) is 23.2. The Morgan fingerprint density at radius 1 is 1.06 bits per heavy atom. The molecule has 1 aliphatic heterocycles. The second-order valence-electron chi connectivity index (χ2n) is 8.43. The minimum atomic E-state index is -0.334. The molecule has 170 valence electrons. The van der Waals surface area contributed by atoms with Crippen LogP contribution in [0.3, 0.4) is 0 Å². The first-order chi connectivity index (χ1) is 16.0. The maximum Gasteiger partial charge on any atom is 0.260 e. The summed E-state index contributed by atoms with van der Waals surface area (Å²) in [4.78, 5) is 31.6. The molecular formula is C27H29N3O3. The van der Waals surface area contributed by atoms with Crippen molar-refractivity contribution in [2.24, 2.45) is 5.92 Å². The van der Waals surface area contributed by atoms with Crippen LogP contribution in [0.2, 0.25) is 0 Å². The smallest absolute Gasteiger partial charge is 0.260 e. The van der Waals surface area contributed by atoms with Crippen molar-refractivity contribution in [2.75, 3.05) is 26.2 Å². The van der Waals surface area contributed by atoms with E-state index in [1.165, 1.54) is 0 Å². The number of ether oxygens (including phenoxy) is 1. The molecule has 6 heteroatoms. The third kappa shape index (κ3) is 5.40. The van der Waals surface area contributed by atoms with Gasteiger partial charge in [0, 0.05) is 32.0 Å². The van der Waals surface area contributed by atoms with Crippen molar-refractivity contribution >= 4 is 11.8 Å². The number of carbonyl (C=O) groups excluding carboxylic acids is 2. The number of nitrogens with zero attached hydrogens (tertiary/aromatic N) is 2. The zero-order valence-corrected chi connectivity index (χ0v) is 19.1. The standard InChI is InChI=1S/C27H29N3O3/c1-19-6-5-7-20(2)26(19)33-18-25(31)30-15-14-29-27(32)23(17-30)16-22-8-3-4-9-24(22)21-10-12-28-13-11-21/h3-13,23H,14-18H2,1-2H3,(H,29,32)/t23-/m0/s1. The number of hydrogen-bond acceptors (Lipinski definition) is 4. The van der Waals surface area contributed by atoms with Gasteiger partial charge in [-0.25, -0.2) is 0 Å². The number of aryl methyl sites for hydroxylation is 2. The van der Waals surface area contributed by atoms with E-state index in [1.807, 2.05) is 62.4 Å². The lowest BCUT2D eigenvalue weighted by molar-refractivity contribution is -0.134. The Bertz CT molecular complexity index is 1110. The topological polar surface area (TPSA) is 71.5 Å². The Balaban J connectivity index is 1.48. The Labute approximate surface area is 194 Å². The molecule has 6 nitrogen and oxygen atoms in total. The van der Waals surface area contributed by atoms with E-state index in [9.17, 15) is 9.59 Å². The second-order valence-corrected chi connectivity index (χ2v) is 8.43. The second kappa shape index (κ2) is 10.3. The molecule has 3 aromatic rings. The van der Waals surface area contributed by atoms with E-state index >= 15 is 0 Å². The van der Waals surface area contributed by atoms with Crippen molar-refractivity contribution in [1.29, 1.82) is 0 Å². The van der Waals surface area contributed by atoms with Gasteiger partial charge in [-0.05, 0) is 60.2 Å². The van der Waals surface area contributed by atoms with E-state index in [4.69, 9.17) is 4.74 Å². The van der Waals surface area contributed by atoms with E-state index in [-0.39, 0.29) is 24.3 Å². The zero-order valence-electron chi connectivity index (χ0n) is 19.1. The Morgan fingerprint density at radius 3 is 2.55 bits per heavy atom. The SMILES string of the molecule is Cc1cccc(C)c1OCC(=O)N1CCNC(=O)[C@@H](Cc2ccccc2-c2ccncc2)C1. The quantitative estimate of drug-likeness (QED) is 0.632. The molecule has 1 aliphatic rings. The van der Waals surface area contributed by atoms with Gasteiger partial charge >= 0.3 is 0 Å². The van der Waals surface area contributed by atoms with Crippen molar-refractivity contribution in [2.45, 2.75) is 20.3 Å². The van der Waals surface area contributed by atoms with Gasteiger partial charge in [0.2, 0.25) is 5.91 Å². The Morgan fingerprint density at radius 2 is 1.79 bits per heavy atom. The van der Waals surface area contributed by atoms with E-state index in [0.29, 0.717) is 26.1 Å². The summed E-state index contributed by atoms with van der Waals surface area (Å²) in [6.07, 6.45) is 4.08. The summed E-state index contributed by atoms with van der Waals surface area (Å²) in [6.45, 7) is 5.18. The van der Waals surface area contributed by atoms with Gasteiger partial charge in [-0.15, -0.1) is 0 Å². The molecule has 1 atom stereocenters. The highest BCUT2D eigenvalue weighted by Gasteiger charge is 2.28. The van der Waals surface area contributed by atoms with Crippen LogP contribution in [0.25, 0.3) is 11.1 Å². The van der Waals surface area contributed by atoms with E-state index in [0.717, 1.165) is 33.6 Å². The summed E-state index contributed by atoms with van der Waals surface area (Å²) in [5.74, 6) is 0.282. The van der Waals surface area contributed by atoms with E-state index < -0.39 is 0 Å². The molecule has 1 saturated heterocycles. The van der Waals surface area contributed by atoms with Gasteiger partial charge < -0.3 is 15.0 Å². The van der Waals surface area contributed by atoms with E-state index in [2.05, 4.69) is 16.4 Å². The number of amides is 2. The number of rotatable bonds is 6. The molecule has 1 fully saturated rings. The van der Waals surface area contributed by atoms with Crippen molar-refractivity contribution in [3.63, 3.8) is 0 Å². The first kappa shape index (κ1) is 22.5. The van der Waals surface area contributed by atoms with Crippen molar-refractivity contribution in [1.82, 2.24) is 15.2 Å². The van der Waals surface area contributed by atoms with E-state index in [1.54, 1.807) is 17.3 Å². The third-order valence-electron chi connectivity index (χ3n) is 6.07. The van der Waals surface area contributed by atoms with Gasteiger partial charge in [0.15, 0.2) is 6.61 Å². The highest BCUT2D eigenvalue weighted by atomic mass is 16.5. The lowest BCUT2D eigenvalue weighted by Crippen LogP contribution is -2.40. The van der Waals surface area contributed by atoms with Crippen LogP contribution in [-0.4, -0.2) is 47.9 Å². The van der Waals surface area contributed by atoms with Gasteiger partial charge in [0.25, 0.3) is 5.91 Å². The number of pyridine rings is 1. The molecule has 2 amide bonds. The Hall–Kier alpha value is -3.67. The number of nitrogens with one attached hydrogen (secondary N) is 1. The minimum Gasteiger partial charge on any atom is -0.483 e. The number of para-hydroxylation sites is 1. The van der Waals surface area contributed by atoms with Crippen LogP contribution in [0.5, 0.6) is 5.75 Å². The maximum absolute atomic E-state index is 13.0. The van der Waals surface area contributed by atoms with Crippen LogP contribution in [0.1, 0.15) is 16.7 Å². The van der Waals surface area contributed by atoms with Crippen LogP contribution in [-0.2, 0) is 16.0 Å². The first-order valence-corrected chi connectivity index (χ1v) is 11.3. The maximum atomic E-state index is 13.0. The molecule has 0 unspecified atom stereocenters. The summed E-state index contributed by atoms with van der Waals surface area (Å²) in [5, 5.41) is 2.97. The van der Waals surface area contributed by atoms with Crippen LogP contribution in [0.15, 0.2) is 67.0 Å². The summed E-state index contributed by atoms with van der Waals surface area (Å²) in [6, 6.07) is 17.9. The minimum absolute atomic E-state index is 0.0227. The lowest BCUT2D eigenvalue weighted by Gasteiger charge is -2.24. The fourth-order valence-electron chi connectivity index (χ4n) is 4.31. The Kier molecular flexibility index (Phi) is 7.03. The highest BCUT2D eigenvalue weighted by Crippen LogP contribution is 2.26.